The van der Waals surface area contributed by atoms with Crippen LogP contribution in [0.2, 0.25) is 0 Å². The van der Waals surface area contributed by atoms with Crippen LogP contribution in [0.1, 0.15) is 55.8 Å². The number of alkyl halides is 3. The number of aliphatic carboxylic acids is 1. The summed E-state index contributed by atoms with van der Waals surface area (Å²) in [5, 5.41) is 11.3. The molecule has 0 amide bonds. The standard InChI is InChI=1S/C38H35F3N6O6/c1-21(2)33-44-30-26-8-4-5-9-29(26)53-31(30)34(45-33)47-18-25(16-28(47)36(48)49)52-35-27(46-13-14-51-37(22(46)3)19-50-20-37)15-23(17-43-35)10-11-24-7-6-12-42-32(24)38(39,40)41/h4-9,12,15,17,21-22,25,28H,13-14,16,18-20H2,1-3H3,(H,48,49)/t22-,25-,28-/m0/s1. The molecule has 3 fully saturated rings. The molecule has 53 heavy (non-hydrogen) atoms. The lowest BCUT2D eigenvalue weighted by Crippen LogP contribution is -2.68. The van der Waals surface area contributed by atoms with Crippen LogP contribution in [0.25, 0.3) is 22.1 Å². The number of fused-ring (bicyclic) bond motifs is 3. The van der Waals surface area contributed by atoms with E-state index in [2.05, 4.69) is 26.7 Å². The molecule has 0 saturated carbocycles. The van der Waals surface area contributed by atoms with Crippen molar-refractivity contribution in [3.63, 3.8) is 0 Å². The Bertz CT molecular complexity index is 2280. The molecule has 3 atom stereocenters. The molecule has 15 heteroatoms. The van der Waals surface area contributed by atoms with Crippen molar-refractivity contribution in [1.82, 2.24) is 19.9 Å². The number of benzene rings is 1. The Kier molecular flexibility index (Phi) is 8.62. The van der Waals surface area contributed by atoms with Crippen LogP contribution in [-0.4, -0.2) is 87.7 Å². The fourth-order valence-electron chi connectivity index (χ4n) is 7.13. The number of morpholine rings is 1. The van der Waals surface area contributed by atoms with Gasteiger partial charge in [-0.15, -0.1) is 0 Å². The lowest BCUT2D eigenvalue weighted by molar-refractivity contribution is -0.228. The molecule has 0 aliphatic carbocycles. The van der Waals surface area contributed by atoms with Gasteiger partial charge in [-0.25, -0.2) is 19.7 Å². The van der Waals surface area contributed by atoms with Gasteiger partial charge in [-0.05, 0) is 37.3 Å². The van der Waals surface area contributed by atoms with Crippen molar-refractivity contribution in [2.24, 2.45) is 0 Å². The smallest absolute Gasteiger partial charge is 0.434 e. The van der Waals surface area contributed by atoms with Crippen molar-refractivity contribution in [1.29, 1.82) is 0 Å². The Morgan fingerprint density at radius 1 is 1.09 bits per heavy atom. The Labute approximate surface area is 301 Å². The molecule has 4 aromatic heterocycles. The first-order chi connectivity index (χ1) is 25.4. The van der Waals surface area contributed by atoms with Gasteiger partial charge in [-0.3, -0.25) is 4.98 Å². The Balaban J connectivity index is 1.16. The first-order valence-corrected chi connectivity index (χ1v) is 17.3. The van der Waals surface area contributed by atoms with E-state index in [1.54, 1.807) is 11.0 Å². The monoisotopic (exact) mass is 728 g/mol. The number of carbonyl (C=O) groups is 1. The fourth-order valence-corrected chi connectivity index (χ4v) is 7.13. The number of aromatic nitrogens is 4. The molecule has 5 aromatic rings. The van der Waals surface area contributed by atoms with Crippen LogP contribution in [-0.2, 0) is 20.4 Å². The van der Waals surface area contributed by atoms with Crippen LogP contribution in [0.15, 0.2) is 59.3 Å². The molecule has 12 nitrogen and oxygen atoms in total. The highest BCUT2D eigenvalue weighted by Gasteiger charge is 2.50. The summed E-state index contributed by atoms with van der Waals surface area (Å²) in [5.74, 6) is 5.50. The predicted molar refractivity (Wildman–Crippen MR) is 187 cm³/mol. The number of hydrogen-bond acceptors (Lipinski definition) is 11. The summed E-state index contributed by atoms with van der Waals surface area (Å²) in [6.07, 6.45) is -2.69. The summed E-state index contributed by atoms with van der Waals surface area (Å²) in [6, 6.07) is 10.7. The number of rotatable bonds is 6. The molecule has 1 N–H and O–H groups in total. The van der Waals surface area contributed by atoms with Gasteiger partial charge in [-0.2, -0.15) is 13.2 Å². The molecule has 0 bridgehead atoms. The van der Waals surface area contributed by atoms with E-state index < -0.39 is 35.6 Å². The number of ether oxygens (including phenoxy) is 3. The number of carboxylic acid groups (broad SMARTS) is 1. The minimum atomic E-state index is -4.67. The third-order valence-corrected chi connectivity index (χ3v) is 10.0. The lowest BCUT2D eigenvalue weighted by atomic mass is 9.90. The summed E-state index contributed by atoms with van der Waals surface area (Å²) < 4.78 is 65.4. The van der Waals surface area contributed by atoms with Crippen LogP contribution in [0.3, 0.4) is 0 Å². The second-order valence-corrected chi connectivity index (χ2v) is 13.8. The van der Waals surface area contributed by atoms with E-state index in [4.69, 9.17) is 28.6 Å². The van der Waals surface area contributed by atoms with Crippen molar-refractivity contribution < 1.29 is 41.7 Å². The van der Waals surface area contributed by atoms with Gasteiger partial charge in [0, 0.05) is 42.2 Å². The van der Waals surface area contributed by atoms with Crippen molar-refractivity contribution in [3.05, 3.63) is 77.5 Å². The van der Waals surface area contributed by atoms with Crippen molar-refractivity contribution in [2.45, 2.75) is 63.1 Å². The van der Waals surface area contributed by atoms with E-state index >= 15 is 0 Å². The number of anilines is 2. The predicted octanol–water partition coefficient (Wildman–Crippen LogP) is 5.81. The zero-order valence-corrected chi connectivity index (χ0v) is 29.1. The average molecular weight is 729 g/mol. The lowest BCUT2D eigenvalue weighted by Gasteiger charge is -2.53. The summed E-state index contributed by atoms with van der Waals surface area (Å²) in [4.78, 5) is 34.3. The molecule has 3 saturated heterocycles. The van der Waals surface area contributed by atoms with Gasteiger partial charge in [0.25, 0.3) is 0 Å². The zero-order chi connectivity index (χ0) is 37.1. The molecule has 274 valence electrons. The number of pyridine rings is 2. The normalized spacial score (nSPS) is 21.2. The fraction of sp³-hybridized carbons (Fsp3) is 0.395. The molecule has 0 radical (unpaired) electrons. The third kappa shape index (κ3) is 6.25. The van der Waals surface area contributed by atoms with Gasteiger partial charge >= 0.3 is 12.1 Å². The van der Waals surface area contributed by atoms with Crippen molar-refractivity contribution in [2.75, 3.05) is 42.7 Å². The molecule has 1 aromatic carbocycles. The van der Waals surface area contributed by atoms with Gasteiger partial charge in [0.1, 0.15) is 40.4 Å². The van der Waals surface area contributed by atoms with E-state index in [1.807, 2.05) is 45.0 Å². The number of hydrogen-bond donors (Lipinski definition) is 1. The summed E-state index contributed by atoms with van der Waals surface area (Å²) in [6.45, 7) is 7.77. The third-order valence-electron chi connectivity index (χ3n) is 10.0. The second-order valence-electron chi connectivity index (χ2n) is 13.8. The van der Waals surface area contributed by atoms with Crippen LogP contribution in [0.5, 0.6) is 5.88 Å². The van der Waals surface area contributed by atoms with Gasteiger partial charge in [-0.1, -0.05) is 37.8 Å². The molecule has 3 aliphatic rings. The first kappa shape index (κ1) is 34.6. The van der Waals surface area contributed by atoms with Crippen LogP contribution < -0.4 is 14.5 Å². The highest BCUT2D eigenvalue weighted by Crippen LogP contribution is 2.41. The molecular formula is C38H35F3N6O6. The maximum Gasteiger partial charge on any atom is 0.434 e. The minimum absolute atomic E-state index is 0.0452. The maximum atomic E-state index is 13.6. The molecule has 7 heterocycles. The van der Waals surface area contributed by atoms with E-state index in [0.717, 1.165) is 11.6 Å². The zero-order valence-electron chi connectivity index (χ0n) is 29.1. The number of para-hydroxylation sites is 1. The largest absolute Gasteiger partial charge is 0.480 e. The highest BCUT2D eigenvalue weighted by atomic mass is 19.4. The average Bonchev–Trinajstić information content (AvgIpc) is 3.72. The van der Waals surface area contributed by atoms with Gasteiger partial charge in [0.2, 0.25) is 5.88 Å². The van der Waals surface area contributed by atoms with Crippen LogP contribution in [0.4, 0.5) is 24.7 Å². The maximum absolute atomic E-state index is 13.6. The summed E-state index contributed by atoms with van der Waals surface area (Å²) >= 11 is 0. The molecule has 8 rings (SSSR count). The van der Waals surface area contributed by atoms with Crippen molar-refractivity contribution >= 4 is 39.5 Å². The quantitative estimate of drug-likeness (QED) is 0.211. The number of halogens is 3. The SMILES string of the molecule is CC(C)c1nc(N2C[C@@H](Oc3ncc(C#Cc4cccnc4C(F)(F)F)cc3N3CCOC4(COC4)[C@@H]3C)C[C@H]2C(=O)O)c2oc3ccccc3c2n1. The Morgan fingerprint density at radius 3 is 2.64 bits per heavy atom. The van der Waals surface area contributed by atoms with Gasteiger partial charge < -0.3 is 33.5 Å². The Morgan fingerprint density at radius 2 is 1.91 bits per heavy atom. The van der Waals surface area contributed by atoms with E-state index in [1.165, 1.54) is 18.3 Å². The van der Waals surface area contributed by atoms with E-state index in [-0.39, 0.29) is 36.4 Å². The number of carboxylic acids is 1. The molecule has 1 spiro atoms. The van der Waals surface area contributed by atoms with Crippen LogP contribution in [0, 0.1) is 11.8 Å². The molecule has 0 unspecified atom stereocenters. The Hall–Kier alpha value is -5.46. The summed E-state index contributed by atoms with van der Waals surface area (Å²) in [5.41, 5.74) is 0.630. The molecule has 3 aliphatic heterocycles. The molecular weight excluding hydrogens is 693 g/mol. The van der Waals surface area contributed by atoms with Gasteiger partial charge in [0.05, 0.1) is 38.0 Å². The van der Waals surface area contributed by atoms with E-state index in [9.17, 15) is 23.1 Å². The van der Waals surface area contributed by atoms with E-state index in [0.29, 0.717) is 65.9 Å². The first-order valence-electron chi connectivity index (χ1n) is 17.3. The number of furan rings is 1. The second kappa shape index (κ2) is 13.2. The van der Waals surface area contributed by atoms with Crippen LogP contribution >= 0.6 is 0 Å². The van der Waals surface area contributed by atoms with Crippen molar-refractivity contribution in [3.8, 4) is 17.7 Å². The highest BCUT2D eigenvalue weighted by molar-refractivity contribution is 6.06. The van der Waals surface area contributed by atoms with Gasteiger partial charge in [0.15, 0.2) is 17.1 Å². The summed E-state index contributed by atoms with van der Waals surface area (Å²) in [7, 11) is 0. The minimum Gasteiger partial charge on any atom is -0.480 e. The topological polar surface area (TPSA) is 136 Å². The number of nitrogens with zero attached hydrogens (tertiary/aromatic N) is 6.